The zero-order valence-corrected chi connectivity index (χ0v) is 36.2. The van der Waals surface area contributed by atoms with E-state index in [1.165, 1.54) is 12.1 Å². The molecule has 0 aliphatic rings. The first-order valence-corrected chi connectivity index (χ1v) is 22.2. The van der Waals surface area contributed by atoms with Gasteiger partial charge >= 0.3 is 6.18 Å². The molecule has 68 heavy (non-hydrogen) atoms. The molecule has 8 aromatic carbocycles. The van der Waals surface area contributed by atoms with Gasteiger partial charge in [-0.3, -0.25) is 9.97 Å². The number of alkyl halides is 3. The summed E-state index contributed by atoms with van der Waals surface area (Å²) in [5.41, 5.74) is 10.7. The molecule has 0 aliphatic carbocycles. The van der Waals surface area contributed by atoms with Crippen molar-refractivity contribution in [2.45, 2.75) is 6.18 Å². The summed E-state index contributed by atoms with van der Waals surface area (Å²) in [5.74, 6) is 0. The summed E-state index contributed by atoms with van der Waals surface area (Å²) in [4.78, 5) is 9.65. The van der Waals surface area contributed by atoms with Crippen molar-refractivity contribution < 1.29 is 13.2 Å². The van der Waals surface area contributed by atoms with Crippen molar-refractivity contribution in [3.8, 4) is 73.3 Å². The Morgan fingerprint density at radius 3 is 1.35 bits per heavy atom. The Labute approximate surface area is 388 Å². The van der Waals surface area contributed by atoms with Gasteiger partial charge in [-0.15, -0.1) is 0 Å². The molecule has 0 atom stereocenters. The number of nitriles is 1. The van der Waals surface area contributed by atoms with Crippen molar-refractivity contribution in [2.24, 2.45) is 0 Å². The first-order chi connectivity index (χ1) is 33.3. The number of fused-ring (bicyclic) bond motifs is 6. The molecule has 0 saturated carbocycles. The van der Waals surface area contributed by atoms with E-state index in [9.17, 15) is 5.26 Å². The number of hydrogen-bond donors (Lipinski definition) is 0. The van der Waals surface area contributed by atoms with Gasteiger partial charge in [0.05, 0.1) is 62.0 Å². The Hall–Kier alpha value is -9.06. The predicted octanol–water partition coefficient (Wildman–Crippen LogP) is 15.9. The van der Waals surface area contributed by atoms with E-state index in [0.717, 1.165) is 88.4 Å². The minimum Gasteiger partial charge on any atom is -0.307 e. The third-order valence-electron chi connectivity index (χ3n) is 12.9. The number of rotatable bonds is 7. The Morgan fingerprint density at radius 1 is 0.382 bits per heavy atom. The van der Waals surface area contributed by atoms with E-state index >= 15 is 13.2 Å². The van der Waals surface area contributed by atoms with Crippen LogP contribution in [0.5, 0.6) is 0 Å². The number of para-hydroxylation sites is 2. The first kappa shape index (κ1) is 40.4. The zero-order chi connectivity index (χ0) is 45.9. The van der Waals surface area contributed by atoms with Crippen molar-refractivity contribution in [2.75, 3.05) is 0 Å². The number of nitrogens with zero attached hydrogens (tertiary/aromatic N) is 5. The van der Waals surface area contributed by atoms with E-state index in [4.69, 9.17) is 9.97 Å². The van der Waals surface area contributed by atoms with E-state index in [1.54, 1.807) is 36.7 Å². The van der Waals surface area contributed by atoms with Crippen molar-refractivity contribution in [1.29, 1.82) is 5.26 Å². The molecule has 0 amide bonds. The Balaban J connectivity index is 1.21. The van der Waals surface area contributed by atoms with Gasteiger partial charge in [-0.1, -0.05) is 146 Å². The van der Waals surface area contributed by atoms with Crippen LogP contribution in [-0.4, -0.2) is 19.1 Å². The van der Waals surface area contributed by atoms with Crippen LogP contribution in [-0.2, 0) is 6.18 Å². The van der Waals surface area contributed by atoms with Gasteiger partial charge in [0.25, 0.3) is 0 Å². The molecule has 0 spiro atoms. The van der Waals surface area contributed by atoms with Crippen LogP contribution in [0.15, 0.2) is 219 Å². The molecule has 5 nitrogen and oxygen atoms in total. The standard InChI is InChI=1S/C60H36F3N5/c61-60(62,63)51-36-57(68-53-25-10-8-21-47(53)49-29-27-43(34-55(49)68)45-23-13-31-66-59(45)40-17-5-2-6-18-40)56(35-50(51)41-19-11-14-38(32-41)37-64)67-52-24-9-7-20-46(52)48-28-26-42(33-54(48)67)44-22-12-30-65-58(44)39-15-3-1-4-16-39/h1-36H. The van der Waals surface area contributed by atoms with E-state index in [0.29, 0.717) is 11.4 Å². The summed E-state index contributed by atoms with van der Waals surface area (Å²) in [7, 11) is 0. The zero-order valence-electron chi connectivity index (χ0n) is 36.2. The summed E-state index contributed by atoms with van der Waals surface area (Å²) in [5, 5.41) is 13.6. The quantitative estimate of drug-likeness (QED) is 0.160. The van der Waals surface area contributed by atoms with Crippen LogP contribution in [0.3, 0.4) is 0 Å². The highest BCUT2D eigenvalue weighted by Gasteiger charge is 2.36. The van der Waals surface area contributed by atoms with Gasteiger partial charge in [-0.05, 0) is 82.9 Å². The van der Waals surface area contributed by atoms with Gasteiger partial charge in [0.1, 0.15) is 0 Å². The second-order valence-corrected chi connectivity index (χ2v) is 16.8. The van der Waals surface area contributed by atoms with Crippen LogP contribution in [0.2, 0.25) is 0 Å². The van der Waals surface area contributed by atoms with Crippen LogP contribution >= 0.6 is 0 Å². The normalized spacial score (nSPS) is 11.7. The second kappa shape index (κ2) is 16.1. The molecule has 0 radical (unpaired) electrons. The van der Waals surface area contributed by atoms with Gasteiger partial charge in [-0.25, -0.2) is 0 Å². The molecule has 12 aromatic rings. The predicted molar refractivity (Wildman–Crippen MR) is 268 cm³/mol. The third kappa shape index (κ3) is 6.71. The summed E-state index contributed by atoms with van der Waals surface area (Å²) >= 11 is 0. The molecule has 0 saturated heterocycles. The topological polar surface area (TPSA) is 59.4 Å². The monoisotopic (exact) mass is 883 g/mol. The van der Waals surface area contributed by atoms with Crippen LogP contribution in [0.1, 0.15) is 11.1 Å². The number of halogens is 3. The minimum absolute atomic E-state index is 0.0432. The Morgan fingerprint density at radius 2 is 0.838 bits per heavy atom. The maximum absolute atomic E-state index is 16.0. The van der Waals surface area contributed by atoms with E-state index in [-0.39, 0.29) is 16.7 Å². The molecule has 0 N–H and O–H groups in total. The van der Waals surface area contributed by atoms with Crippen molar-refractivity contribution >= 4 is 43.6 Å². The third-order valence-corrected chi connectivity index (χ3v) is 12.9. The first-order valence-electron chi connectivity index (χ1n) is 22.2. The Kier molecular flexibility index (Phi) is 9.59. The lowest BCUT2D eigenvalue weighted by molar-refractivity contribution is -0.137. The molecule has 4 aromatic heterocycles. The summed E-state index contributed by atoms with van der Waals surface area (Å²) in [6.07, 6.45) is -1.22. The fourth-order valence-electron chi connectivity index (χ4n) is 9.89. The smallest absolute Gasteiger partial charge is 0.307 e. The van der Waals surface area contributed by atoms with Crippen LogP contribution < -0.4 is 0 Å². The van der Waals surface area contributed by atoms with E-state index in [1.807, 2.05) is 126 Å². The summed E-state index contributed by atoms with van der Waals surface area (Å²) < 4.78 is 52.0. The summed E-state index contributed by atoms with van der Waals surface area (Å²) in [6.45, 7) is 0. The van der Waals surface area contributed by atoms with E-state index < -0.39 is 11.7 Å². The fourth-order valence-corrected chi connectivity index (χ4v) is 9.89. The largest absolute Gasteiger partial charge is 0.417 e. The fraction of sp³-hybridized carbons (Fsp3) is 0.0167. The molecular formula is C60H36F3N5. The van der Waals surface area contributed by atoms with Gasteiger partial charge < -0.3 is 9.13 Å². The van der Waals surface area contributed by atoms with Gasteiger partial charge in [0.2, 0.25) is 0 Å². The van der Waals surface area contributed by atoms with Gasteiger partial charge in [0, 0.05) is 56.2 Å². The van der Waals surface area contributed by atoms with Gasteiger partial charge in [0.15, 0.2) is 0 Å². The molecule has 322 valence electrons. The summed E-state index contributed by atoms with van der Waals surface area (Å²) in [6, 6.07) is 67.7. The van der Waals surface area contributed by atoms with E-state index in [2.05, 4.69) is 59.2 Å². The van der Waals surface area contributed by atoms with Crippen LogP contribution in [0.25, 0.3) is 111 Å². The lowest BCUT2D eigenvalue weighted by Gasteiger charge is -2.22. The second-order valence-electron chi connectivity index (χ2n) is 16.8. The average Bonchev–Trinajstić information content (AvgIpc) is 3.90. The Bertz CT molecular complexity index is 3970. The molecule has 8 heteroatoms. The lowest BCUT2D eigenvalue weighted by Crippen LogP contribution is -2.12. The molecular weight excluding hydrogens is 848 g/mol. The molecule has 0 unspecified atom stereocenters. The highest BCUT2D eigenvalue weighted by Crippen LogP contribution is 2.46. The molecule has 0 aliphatic heterocycles. The number of hydrogen-bond acceptors (Lipinski definition) is 3. The highest BCUT2D eigenvalue weighted by atomic mass is 19.4. The lowest BCUT2D eigenvalue weighted by atomic mass is 9.95. The van der Waals surface area contributed by atoms with Crippen LogP contribution in [0.4, 0.5) is 13.2 Å². The highest BCUT2D eigenvalue weighted by molar-refractivity contribution is 6.13. The maximum Gasteiger partial charge on any atom is 0.417 e. The average molecular weight is 884 g/mol. The van der Waals surface area contributed by atoms with Crippen LogP contribution in [0, 0.1) is 11.3 Å². The molecule has 0 fully saturated rings. The SMILES string of the molecule is N#Cc1cccc(-c2cc(-n3c4ccccc4c4ccc(-c5cccnc5-c5ccccc5)cc43)c(-n3c4ccccc4c4ccc(-c5cccnc5-c5ccccc5)cc43)cc2C(F)(F)F)c1. The van der Waals surface area contributed by atoms with Crippen molar-refractivity contribution in [3.63, 3.8) is 0 Å². The number of aromatic nitrogens is 4. The van der Waals surface area contributed by atoms with Crippen molar-refractivity contribution in [1.82, 2.24) is 19.1 Å². The van der Waals surface area contributed by atoms with Gasteiger partial charge in [-0.2, -0.15) is 18.4 Å². The number of pyridine rings is 2. The number of benzene rings is 8. The van der Waals surface area contributed by atoms with Crippen molar-refractivity contribution in [3.05, 3.63) is 230 Å². The molecule has 0 bridgehead atoms. The molecule has 4 heterocycles. The minimum atomic E-state index is -4.78. The molecule has 12 rings (SSSR count). The maximum atomic E-state index is 16.0.